The first-order chi connectivity index (χ1) is 8.99. The van der Waals surface area contributed by atoms with Crippen molar-refractivity contribution in [2.45, 2.75) is 26.2 Å². The van der Waals surface area contributed by atoms with Crippen LogP contribution in [0.5, 0.6) is 0 Å². The van der Waals surface area contributed by atoms with E-state index in [9.17, 15) is 13.2 Å². The third kappa shape index (κ3) is 3.53. The van der Waals surface area contributed by atoms with Crippen LogP contribution in [0.3, 0.4) is 0 Å². The Kier molecular flexibility index (Phi) is 3.83. The van der Waals surface area contributed by atoms with Crippen molar-refractivity contribution >= 4 is 5.69 Å². The summed E-state index contributed by atoms with van der Waals surface area (Å²) in [5.74, 6) is 0. The van der Waals surface area contributed by atoms with Crippen LogP contribution in [-0.4, -0.2) is 4.57 Å². The zero-order chi connectivity index (χ0) is 13.9. The van der Waals surface area contributed by atoms with Gasteiger partial charge < -0.3 is 9.88 Å². The van der Waals surface area contributed by atoms with Crippen LogP contribution in [0.15, 0.2) is 42.7 Å². The van der Waals surface area contributed by atoms with E-state index in [4.69, 9.17) is 0 Å². The Hall–Kier alpha value is -1.91. The number of aryl methyl sites for hydroxylation is 1. The quantitative estimate of drug-likeness (QED) is 0.881. The molecule has 0 aliphatic heterocycles. The minimum atomic E-state index is -4.28. The van der Waals surface area contributed by atoms with Gasteiger partial charge in [-0.2, -0.15) is 13.2 Å². The standard InChI is InChI=1S/C14H15F3N2/c1-2-19-8-7-11(10-19)9-18-13-5-3-12(4-6-13)14(15,16)17/h3-8,10,18H,2,9H2,1H3. The van der Waals surface area contributed by atoms with Crippen LogP contribution in [-0.2, 0) is 19.3 Å². The average molecular weight is 268 g/mol. The van der Waals surface area contributed by atoms with Gasteiger partial charge in [0.15, 0.2) is 0 Å². The lowest BCUT2D eigenvalue weighted by molar-refractivity contribution is -0.137. The van der Waals surface area contributed by atoms with Crippen LogP contribution in [0.2, 0.25) is 0 Å². The first-order valence-electron chi connectivity index (χ1n) is 6.05. The molecule has 0 saturated heterocycles. The van der Waals surface area contributed by atoms with Gasteiger partial charge in [0, 0.05) is 31.2 Å². The van der Waals surface area contributed by atoms with Gasteiger partial charge in [-0.1, -0.05) is 0 Å². The summed E-state index contributed by atoms with van der Waals surface area (Å²) in [6.07, 6.45) is -0.294. The summed E-state index contributed by atoms with van der Waals surface area (Å²) in [6, 6.07) is 7.04. The maximum atomic E-state index is 12.4. The second-order valence-electron chi connectivity index (χ2n) is 4.28. The Bertz CT molecular complexity index is 526. The Morgan fingerprint density at radius 1 is 1.11 bits per heavy atom. The molecule has 5 heteroatoms. The van der Waals surface area contributed by atoms with Gasteiger partial charge in [-0.25, -0.2) is 0 Å². The van der Waals surface area contributed by atoms with Gasteiger partial charge in [0.1, 0.15) is 0 Å². The summed E-state index contributed by atoms with van der Waals surface area (Å²) in [5.41, 5.74) is 1.15. The maximum absolute atomic E-state index is 12.4. The van der Waals surface area contributed by atoms with Gasteiger partial charge in [0.05, 0.1) is 5.56 Å². The van der Waals surface area contributed by atoms with Crippen molar-refractivity contribution in [3.8, 4) is 0 Å². The molecule has 0 saturated carbocycles. The van der Waals surface area contributed by atoms with Crippen molar-refractivity contribution in [1.29, 1.82) is 0 Å². The minimum absolute atomic E-state index is 0.596. The van der Waals surface area contributed by atoms with Crippen LogP contribution in [0.25, 0.3) is 0 Å². The molecule has 2 nitrogen and oxygen atoms in total. The second-order valence-corrected chi connectivity index (χ2v) is 4.28. The molecule has 0 aliphatic carbocycles. The Morgan fingerprint density at radius 3 is 2.32 bits per heavy atom. The van der Waals surface area contributed by atoms with E-state index >= 15 is 0 Å². The molecule has 0 radical (unpaired) electrons. The summed E-state index contributed by atoms with van der Waals surface area (Å²) in [7, 11) is 0. The molecule has 19 heavy (non-hydrogen) atoms. The molecule has 102 valence electrons. The predicted molar refractivity (Wildman–Crippen MR) is 68.9 cm³/mol. The van der Waals surface area contributed by atoms with Crippen LogP contribution in [0, 0.1) is 0 Å². The minimum Gasteiger partial charge on any atom is -0.381 e. The van der Waals surface area contributed by atoms with E-state index in [0.717, 1.165) is 24.2 Å². The first-order valence-corrected chi connectivity index (χ1v) is 6.05. The fourth-order valence-electron chi connectivity index (χ4n) is 1.77. The van der Waals surface area contributed by atoms with Gasteiger partial charge in [0.25, 0.3) is 0 Å². The Labute approximate surface area is 109 Å². The Morgan fingerprint density at radius 2 is 1.79 bits per heavy atom. The zero-order valence-corrected chi connectivity index (χ0v) is 10.5. The summed E-state index contributed by atoms with van der Waals surface area (Å²) < 4.78 is 39.2. The topological polar surface area (TPSA) is 17.0 Å². The van der Waals surface area contributed by atoms with E-state index in [-0.39, 0.29) is 0 Å². The zero-order valence-electron chi connectivity index (χ0n) is 10.5. The normalized spacial score (nSPS) is 11.6. The maximum Gasteiger partial charge on any atom is 0.416 e. The highest BCUT2D eigenvalue weighted by Crippen LogP contribution is 2.29. The van der Waals surface area contributed by atoms with Crippen molar-refractivity contribution in [3.63, 3.8) is 0 Å². The molecule has 2 aromatic rings. The number of hydrogen-bond acceptors (Lipinski definition) is 1. The van der Waals surface area contributed by atoms with Crippen molar-refractivity contribution < 1.29 is 13.2 Å². The highest BCUT2D eigenvalue weighted by molar-refractivity contribution is 5.45. The second kappa shape index (κ2) is 5.38. The number of rotatable bonds is 4. The van der Waals surface area contributed by atoms with Gasteiger partial charge in [-0.3, -0.25) is 0 Å². The lowest BCUT2D eigenvalue weighted by Crippen LogP contribution is -2.05. The van der Waals surface area contributed by atoms with Crippen LogP contribution < -0.4 is 5.32 Å². The van der Waals surface area contributed by atoms with Crippen molar-refractivity contribution in [2.75, 3.05) is 5.32 Å². The molecule has 1 aromatic carbocycles. The van der Waals surface area contributed by atoms with Gasteiger partial charge in [0.2, 0.25) is 0 Å². The lowest BCUT2D eigenvalue weighted by Gasteiger charge is -2.09. The Balaban J connectivity index is 1.96. The first kappa shape index (κ1) is 13.5. The number of nitrogens with one attached hydrogen (secondary N) is 1. The summed E-state index contributed by atoms with van der Waals surface area (Å²) in [5, 5.41) is 3.10. The predicted octanol–water partition coefficient (Wildman–Crippen LogP) is 4.14. The molecule has 1 aromatic heterocycles. The monoisotopic (exact) mass is 268 g/mol. The number of alkyl halides is 3. The summed E-state index contributed by atoms with van der Waals surface area (Å²) >= 11 is 0. The highest BCUT2D eigenvalue weighted by Gasteiger charge is 2.29. The average Bonchev–Trinajstić information content (AvgIpc) is 2.84. The fourth-order valence-corrected chi connectivity index (χ4v) is 1.77. The molecular weight excluding hydrogens is 253 g/mol. The van der Waals surface area contributed by atoms with Crippen molar-refractivity contribution in [3.05, 3.63) is 53.9 Å². The number of hydrogen-bond donors (Lipinski definition) is 1. The van der Waals surface area contributed by atoms with Crippen LogP contribution in [0.4, 0.5) is 18.9 Å². The van der Waals surface area contributed by atoms with Crippen molar-refractivity contribution in [1.82, 2.24) is 4.57 Å². The molecular formula is C14H15F3N2. The highest BCUT2D eigenvalue weighted by atomic mass is 19.4. The van der Waals surface area contributed by atoms with E-state index in [0.29, 0.717) is 12.2 Å². The van der Waals surface area contributed by atoms with E-state index < -0.39 is 11.7 Å². The van der Waals surface area contributed by atoms with Gasteiger partial charge in [-0.05, 0) is 42.8 Å². The molecule has 0 bridgehead atoms. The van der Waals surface area contributed by atoms with E-state index in [2.05, 4.69) is 5.32 Å². The number of halogens is 3. The van der Waals surface area contributed by atoms with Gasteiger partial charge >= 0.3 is 6.18 Å². The SMILES string of the molecule is CCn1ccc(CNc2ccc(C(F)(F)F)cc2)c1. The molecule has 0 aliphatic rings. The molecule has 0 atom stereocenters. The fraction of sp³-hybridized carbons (Fsp3) is 0.286. The largest absolute Gasteiger partial charge is 0.416 e. The lowest BCUT2D eigenvalue weighted by atomic mass is 10.2. The molecule has 0 fully saturated rings. The number of nitrogens with zero attached hydrogens (tertiary/aromatic N) is 1. The summed E-state index contributed by atoms with van der Waals surface area (Å²) in [6.45, 7) is 3.55. The van der Waals surface area contributed by atoms with Crippen molar-refractivity contribution in [2.24, 2.45) is 0 Å². The third-order valence-electron chi connectivity index (χ3n) is 2.89. The van der Waals surface area contributed by atoms with Crippen LogP contribution >= 0.6 is 0 Å². The third-order valence-corrected chi connectivity index (χ3v) is 2.89. The summed E-state index contributed by atoms with van der Waals surface area (Å²) in [4.78, 5) is 0. The van der Waals surface area contributed by atoms with E-state index in [1.807, 2.05) is 30.0 Å². The molecule has 1 heterocycles. The van der Waals surface area contributed by atoms with E-state index in [1.165, 1.54) is 12.1 Å². The number of benzene rings is 1. The molecule has 2 rings (SSSR count). The number of aromatic nitrogens is 1. The molecule has 0 spiro atoms. The smallest absolute Gasteiger partial charge is 0.381 e. The van der Waals surface area contributed by atoms with Gasteiger partial charge in [-0.15, -0.1) is 0 Å². The molecule has 0 unspecified atom stereocenters. The molecule has 1 N–H and O–H groups in total. The van der Waals surface area contributed by atoms with E-state index in [1.54, 1.807) is 0 Å². The number of anilines is 1. The van der Waals surface area contributed by atoms with Crippen LogP contribution in [0.1, 0.15) is 18.1 Å². The molecule has 0 amide bonds.